The van der Waals surface area contributed by atoms with E-state index in [4.69, 9.17) is 4.74 Å². The summed E-state index contributed by atoms with van der Waals surface area (Å²) in [6, 6.07) is 7.28. The first-order valence-corrected chi connectivity index (χ1v) is 8.40. The molecule has 0 bridgehead atoms. The lowest BCUT2D eigenvalue weighted by molar-refractivity contribution is -0.148. The fourth-order valence-electron chi connectivity index (χ4n) is 3.01. The van der Waals surface area contributed by atoms with Gasteiger partial charge in [0, 0.05) is 30.5 Å². The van der Waals surface area contributed by atoms with Crippen molar-refractivity contribution in [1.29, 1.82) is 0 Å². The Balaban J connectivity index is 1.73. The molecule has 24 heavy (non-hydrogen) atoms. The summed E-state index contributed by atoms with van der Waals surface area (Å²) >= 11 is 3.40. The average Bonchev–Trinajstić information content (AvgIpc) is 3.16. The van der Waals surface area contributed by atoms with Gasteiger partial charge in [0.1, 0.15) is 0 Å². The molecule has 0 aliphatic carbocycles. The number of halogens is 1. The van der Waals surface area contributed by atoms with Gasteiger partial charge in [0.15, 0.2) is 5.54 Å². The predicted octanol–water partition coefficient (Wildman–Crippen LogP) is 1.16. The number of nitrogens with one attached hydrogen (secondary N) is 1. The highest BCUT2D eigenvalue weighted by atomic mass is 79.9. The first-order valence-electron chi connectivity index (χ1n) is 7.61. The van der Waals surface area contributed by atoms with Crippen molar-refractivity contribution >= 4 is 39.4 Å². The fraction of sp³-hybridized carbons (Fsp3) is 0.438. The normalized spacial score (nSPS) is 26.6. The number of carboxylic acids is 1. The molecule has 0 radical (unpaired) electrons. The van der Waals surface area contributed by atoms with Gasteiger partial charge in [0.25, 0.3) is 0 Å². The van der Waals surface area contributed by atoms with Crippen LogP contribution in [0.5, 0.6) is 0 Å². The zero-order valence-corrected chi connectivity index (χ0v) is 14.4. The molecule has 8 heteroatoms. The van der Waals surface area contributed by atoms with Crippen LogP contribution < -0.4 is 10.2 Å². The summed E-state index contributed by atoms with van der Waals surface area (Å²) in [4.78, 5) is 37.8. The molecule has 2 aliphatic rings. The summed E-state index contributed by atoms with van der Waals surface area (Å²) in [5.41, 5.74) is -0.684. The Morgan fingerprint density at radius 3 is 2.75 bits per heavy atom. The number of carbonyl (C=O) groups is 3. The Hall–Kier alpha value is -1.93. The van der Waals surface area contributed by atoms with Crippen molar-refractivity contribution in [3.8, 4) is 0 Å². The first-order chi connectivity index (χ1) is 11.4. The minimum absolute atomic E-state index is 0.0529. The number of anilines is 1. The molecule has 128 valence electrons. The van der Waals surface area contributed by atoms with E-state index < -0.39 is 23.3 Å². The average molecular weight is 397 g/mol. The fourth-order valence-corrected chi connectivity index (χ4v) is 3.51. The zero-order valence-electron chi connectivity index (χ0n) is 12.8. The van der Waals surface area contributed by atoms with Gasteiger partial charge in [-0.1, -0.05) is 12.1 Å². The van der Waals surface area contributed by atoms with E-state index in [0.29, 0.717) is 12.3 Å². The summed E-state index contributed by atoms with van der Waals surface area (Å²) in [5, 5.41) is 12.0. The zero-order chi connectivity index (χ0) is 17.3. The molecular formula is C16H17BrN2O5. The van der Waals surface area contributed by atoms with Gasteiger partial charge < -0.3 is 20.1 Å². The van der Waals surface area contributed by atoms with Gasteiger partial charge in [-0.25, -0.2) is 4.79 Å². The number of carboxylic acid groups (broad SMARTS) is 1. The van der Waals surface area contributed by atoms with Gasteiger partial charge in [-0.2, -0.15) is 0 Å². The Labute approximate surface area is 147 Å². The molecule has 2 N–H and O–H groups in total. The van der Waals surface area contributed by atoms with E-state index in [1.54, 1.807) is 11.0 Å². The maximum absolute atomic E-state index is 12.5. The molecule has 2 aliphatic heterocycles. The van der Waals surface area contributed by atoms with Crippen LogP contribution in [0.1, 0.15) is 12.8 Å². The number of hydrogen-bond acceptors (Lipinski definition) is 4. The van der Waals surface area contributed by atoms with Crippen LogP contribution >= 0.6 is 15.9 Å². The van der Waals surface area contributed by atoms with Crippen LogP contribution in [0.15, 0.2) is 28.7 Å². The number of ether oxygens (including phenoxy) is 1. The molecule has 2 amide bonds. The molecule has 2 saturated heterocycles. The molecule has 0 aromatic heterocycles. The smallest absolute Gasteiger partial charge is 0.331 e. The van der Waals surface area contributed by atoms with Gasteiger partial charge in [-0.15, -0.1) is 0 Å². The minimum atomic E-state index is -1.39. The number of amides is 2. The summed E-state index contributed by atoms with van der Waals surface area (Å²) in [6.45, 7) is 0.464. The molecule has 1 aromatic rings. The molecule has 3 rings (SSSR count). The third-order valence-corrected chi connectivity index (χ3v) is 5.10. The molecule has 2 heterocycles. The van der Waals surface area contributed by atoms with E-state index in [0.717, 1.165) is 4.47 Å². The highest BCUT2D eigenvalue weighted by Gasteiger charge is 2.46. The lowest BCUT2D eigenvalue weighted by atomic mass is 9.97. The molecule has 0 saturated carbocycles. The topological polar surface area (TPSA) is 95.9 Å². The van der Waals surface area contributed by atoms with Crippen molar-refractivity contribution in [2.45, 2.75) is 18.4 Å². The lowest BCUT2D eigenvalue weighted by Crippen LogP contribution is -2.56. The molecule has 7 nitrogen and oxygen atoms in total. The number of rotatable bonds is 4. The van der Waals surface area contributed by atoms with E-state index in [-0.39, 0.29) is 31.9 Å². The van der Waals surface area contributed by atoms with E-state index in [1.165, 1.54) is 0 Å². The highest BCUT2D eigenvalue weighted by molar-refractivity contribution is 9.10. The van der Waals surface area contributed by atoms with E-state index in [1.807, 2.05) is 18.2 Å². The van der Waals surface area contributed by atoms with E-state index in [2.05, 4.69) is 21.2 Å². The maximum Gasteiger partial charge on any atom is 0.331 e. The van der Waals surface area contributed by atoms with Gasteiger partial charge in [-0.05, 0) is 28.1 Å². The number of para-hydroxylation sites is 1. The summed E-state index contributed by atoms with van der Waals surface area (Å²) < 4.78 is 5.90. The van der Waals surface area contributed by atoms with Crippen molar-refractivity contribution in [2.24, 2.45) is 5.92 Å². The van der Waals surface area contributed by atoms with Crippen LogP contribution in [0.4, 0.5) is 5.69 Å². The molecule has 2 unspecified atom stereocenters. The van der Waals surface area contributed by atoms with Gasteiger partial charge in [0.2, 0.25) is 11.8 Å². The standard InChI is InChI=1S/C16H17BrN2O5/c17-11-3-1-2-4-12(11)19-8-10(7-13(19)20)14(21)18-16(15(22)23)5-6-24-9-16/h1-4,10H,5-9H2,(H,18,21)(H,22,23). The van der Waals surface area contributed by atoms with E-state index >= 15 is 0 Å². The van der Waals surface area contributed by atoms with Crippen LogP contribution in [-0.2, 0) is 19.1 Å². The van der Waals surface area contributed by atoms with Crippen molar-refractivity contribution in [3.05, 3.63) is 28.7 Å². The Bertz CT molecular complexity index is 687. The number of nitrogens with zero attached hydrogens (tertiary/aromatic N) is 1. The Morgan fingerprint density at radius 1 is 1.38 bits per heavy atom. The van der Waals surface area contributed by atoms with Crippen LogP contribution in [-0.4, -0.2) is 48.2 Å². The Kier molecular flexibility index (Phi) is 4.60. The number of hydrogen-bond donors (Lipinski definition) is 2. The quantitative estimate of drug-likeness (QED) is 0.795. The van der Waals surface area contributed by atoms with Crippen molar-refractivity contribution in [2.75, 3.05) is 24.7 Å². The van der Waals surface area contributed by atoms with Crippen molar-refractivity contribution in [1.82, 2.24) is 5.32 Å². The van der Waals surface area contributed by atoms with Gasteiger partial charge >= 0.3 is 5.97 Å². The second-order valence-corrected chi connectivity index (χ2v) is 6.89. The molecule has 2 fully saturated rings. The predicted molar refractivity (Wildman–Crippen MR) is 88.5 cm³/mol. The Morgan fingerprint density at radius 2 is 2.12 bits per heavy atom. The monoisotopic (exact) mass is 396 g/mol. The third-order valence-electron chi connectivity index (χ3n) is 4.43. The number of carbonyl (C=O) groups excluding carboxylic acids is 2. The van der Waals surface area contributed by atoms with Gasteiger partial charge in [-0.3, -0.25) is 9.59 Å². The minimum Gasteiger partial charge on any atom is -0.479 e. The van der Waals surface area contributed by atoms with Gasteiger partial charge in [0.05, 0.1) is 18.2 Å². The van der Waals surface area contributed by atoms with Crippen molar-refractivity contribution in [3.63, 3.8) is 0 Å². The second-order valence-electron chi connectivity index (χ2n) is 6.04. The van der Waals surface area contributed by atoms with E-state index in [9.17, 15) is 19.5 Å². The highest BCUT2D eigenvalue weighted by Crippen LogP contribution is 2.31. The largest absolute Gasteiger partial charge is 0.479 e. The lowest BCUT2D eigenvalue weighted by Gasteiger charge is -2.25. The summed E-state index contributed by atoms with van der Waals surface area (Å²) in [5.74, 6) is -2.28. The maximum atomic E-state index is 12.5. The molecule has 2 atom stereocenters. The van der Waals surface area contributed by atoms with Crippen LogP contribution in [0, 0.1) is 5.92 Å². The summed E-state index contributed by atoms with van der Waals surface area (Å²) in [7, 11) is 0. The SMILES string of the molecule is O=C(NC1(C(=O)O)CCOC1)C1CC(=O)N(c2ccccc2Br)C1. The second kappa shape index (κ2) is 6.52. The molecule has 1 aromatic carbocycles. The summed E-state index contributed by atoms with van der Waals surface area (Å²) in [6.07, 6.45) is 0.284. The number of benzene rings is 1. The van der Waals surface area contributed by atoms with Crippen LogP contribution in [0.2, 0.25) is 0 Å². The first kappa shape index (κ1) is 16.9. The molecule has 0 spiro atoms. The third kappa shape index (κ3) is 3.03. The molecular weight excluding hydrogens is 380 g/mol. The number of aliphatic carboxylic acids is 1. The van der Waals surface area contributed by atoms with Crippen LogP contribution in [0.3, 0.4) is 0 Å². The van der Waals surface area contributed by atoms with Crippen LogP contribution in [0.25, 0.3) is 0 Å². The van der Waals surface area contributed by atoms with Crippen molar-refractivity contribution < 1.29 is 24.2 Å².